The highest BCUT2D eigenvalue weighted by molar-refractivity contribution is 5.93. The average molecular weight is 335 g/mol. The lowest BCUT2D eigenvalue weighted by molar-refractivity contribution is -0.137. The van der Waals surface area contributed by atoms with Crippen molar-refractivity contribution >= 4 is 17.6 Å². The van der Waals surface area contributed by atoms with E-state index in [0.717, 1.165) is 11.1 Å². The fourth-order valence-corrected chi connectivity index (χ4v) is 2.68. The van der Waals surface area contributed by atoms with Crippen molar-refractivity contribution in [3.8, 4) is 0 Å². The van der Waals surface area contributed by atoms with Gasteiger partial charge in [-0.3, -0.25) is 4.79 Å². The summed E-state index contributed by atoms with van der Waals surface area (Å²) < 4.78 is 4.82. The summed E-state index contributed by atoms with van der Waals surface area (Å²) in [7, 11) is 1.29. The first-order chi connectivity index (χ1) is 12.0. The zero-order valence-corrected chi connectivity index (χ0v) is 14.4. The van der Waals surface area contributed by atoms with Crippen LogP contribution in [0.5, 0.6) is 0 Å². The quantitative estimate of drug-likeness (QED) is 0.593. The molecule has 25 heavy (non-hydrogen) atoms. The van der Waals surface area contributed by atoms with Gasteiger partial charge in [-0.1, -0.05) is 73.8 Å². The highest BCUT2D eigenvalue weighted by Crippen LogP contribution is 2.34. The number of ether oxygens (including phenoxy) is 1. The van der Waals surface area contributed by atoms with E-state index in [4.69, 9.17) is 4.74 Å². The lowest BCUT2D eigenvalue weighted by Crippen LogP contribution is -2.34. The Hall–Kier alpha value is -3.14. The molecule has 4 heteroatoms. The summed E-state index contributed by atoms with van der Waals surface area (Å²) in [5, 5.41) is 0. The number of esters is 1. The molecule has 2 aromatic rings. The van der Waals surface area contributed by atoms with E-state index < -0.39 is 12.0 Å². The van der Waals surface area contributed by atoms with Crippen LogP contribution in [-0.4, -0.2) is 23.9 Å². The summed E-state index contributed by atoms with van der Waals surface area (Å²) in [6.07, 6.45) is 0. The Morgan fingerprint density at radius 1 is 0.960 bits per heavy atom. The van der Waals surface area contributed by atoms with Crippen LogP contribution < -0.4 is 0 Å². The van der Waals surface area contributed by atoms with Crippen LogP contribution in [0.25, 0.3) is 5.70 Å². The zero-order chi connectivity index (χ0) is 18.4. The maximum Gasteiger partial charge on any atom is 0.335 e. The summed E-state index contributed by atoms with van der Waals surface area (Å²) in [6.45, 7) is 9.38. The largest absolute Gasteiger partial charge is 0.466 e. The van der Waals surface area contributed by atoms with Gasteiger partial charge in [0, 0.05) is 12.6 Å². The third-order valence-corrected chi connectivity index (χ3v) is 3.89. The molecular weight excluding hydrogens is 314 g/mol. The molecule has 0 heterocycles. The minimum absolute atomic E-state index is 0.168. The Morgan fingerprint density at radius 3 is 1.96 bits per heavy atom. The molecule has 4 nitrogen and oxygen atoms in total. The zero-order valence-electron chi connectivity index (χ0n) is 14.4. The molecule has 2 aromatic carbocycles. The molecule has 128 valence electrons. The third-order valence-electron chi connectivity index (χ3n) is 3.89. The van der Waals surface area contributed by atoms with Crippen LogP contribution in [0.15, 0.2) is 79.4 Å². The summed E-state index contributed by atoms with van der Waals surface area (Å²) >= 11 is 0. The fraction of sp³-hybridized carbons (Fsp3) is 0.143. The molecule has 0 unspecified atom stereocenters. The van der Waals surface area contributed by atoms with Crippen molar-refractivity contribution in [3.63, 3.8) is 0 Å². The molecule has 0 N–H and O–H groups in total. The molecule has 2 rings (SSSR count). The highest BCUT2D eigenvalue weighted by Gasteiger charge is 2.31. The van der Waals surface area contributed by atoms with Gasteiger partial charge in [-0.2, -0.15) is 0 Å². The lowest BCUT2D eigenvalue weighted by atomic mass is 9.96. The molecule has 0 radical (unpaired) electrons. The molecular formula is C21H21NO3. The van der Waals surface area contributed by atoms with E-state index in [-0.39, 0.29) is 11.5 Å². The molecule has 0 spiro atoms. The van der Waals surface area contributed by atoms with Crippen molar-refractivity contribution in [3.05, 3.63) is 90.5 Å². The van der Waals surface area contributed by atoms with Crippen LogP contribution in [0.4, 0.5) is 0 Å². The average Bonchev–Trinajstić information content (AvgIpc) is 2.65. The van der Waals surface area contributed by atoms with Crippen molar-refractivity contribution in [1.29, 1.82) is 0 Å². The lowest BCUT2D eigenvalue weighted by Gasteiger charge is -2.33. The number of carbonyl (C=O) groups is 2. The number of benzene rings is 2. The van der Waals surface area contributed by atoms with Gasteiger partial charge in [0.05, 0.1) is 18.7 Å². The first-order valence-electron chi connectivity index (χ1n) is 7.83. The van der Waals surface area contributed by atoms with Gasteiger partial charge >= 0.3 is 5.97 Å². The first-order valence-corrected chi connectivity index (χ1v) is 7.83. The number of amides is 1. The number of hydrogen-bond acceptors (Lipinski definition) is 3. The molecule has 0 aliphatic carbocycles. The van der Waals surface area contributed by atoms with Crippen molar-refractivity contribution in [2.24, 2.45) is 0 Å². The van der Waals surface area contributed by atoms with Gasteiger partial charge in [-0.15, -0.1) is 0 Å². The first kappa shape index (κ1) is 18.2. The molecule has 0 bridgehead atoms. The predicted octanol–water partition coefficient (Wildman–Crippen LogP) is 3.98. The summed E-state index contributed by atoms with van der Waals surface area (Å²) in [4.78, 5) is 26.1. The standard InChI is InChI=1S/C21H21NO3/c1-15(21(24)25-4)20(19-13-9-6-10-14-19)22(17(3)23)16(2)18-11-7-5-8-12-18/h5-14,20H,1-2H2,3-4H3/t20-/m0/s1. The molecule has 1 amide bonds. The number of methoxy groups -OCH3 is 1. The number of nitrogens with zero attached hydrogens (tertiary/aromatic N) is 1. The third kappa shape index (κ3) is 4.04. The molecule has 0 fully saturated rings. The Bertz CT molecular complexity index is 781. The summed E-state index contributed by atoms with van der Waals surface area (Å²) in [5.74, 6) is -0.811. The maximum absolute atomic E-state index is 12.5. The van der Waals surface area contributed by atoms with Crippen LogP contribution in [0.3, 0.4) is 0 Å². The van der Waals surface area contributed by atoms with Gasteiger partial charge < -0.3 is 9.64 Å². The fourth-order valence-electron chi connectivity index (χ4n) is 2.68. The minimum atomic E-state index is -0.696. The monoisotopic (exact) mass is 335 g/mol. The molecule has 0 aromatic heterocycles. The van der Waals surface area contributed by atoms with E-state index in [1.54, 1.807) is 0 Å². The topological polar surface area (TPSA) is 46.6 Å². The van der Waals surface area contributed by atoms with Crippen molar-refractivity contribution in [2.45, 2.75) is 13.0 Å². The van der Waals surface area contributed by atoms with E-state index in [2.05, 4.69) is 13.2 Å². The molecule has 1 atom stereocenters. The SMILES string of the molecule is C=C(C(=O)OC)[C@@H](c1ccccc1)N(C(=C)c1ccccc1)C(C)=O. The second-order valence-corrected chi connectivity index (χ2v) is 5.53. The Labute approximate surface area is 148 Å². The second-order valence-electron chi connectivity index (χ2n) is 5.53. The minimum Gasteiger partial charge on any atom is -0.466 e. The maximum atomic E-state index is 12.5. The smallest absolute Gasteiger partial charge is 0.335 e. The molecule has 0 saturated heterocycles. The van der Waals surface area contributed by atoms with Gasteiger partial charge in [0.15, 0.2) is 0 Å². The Morgan fingerprint density at radius 2 is 1.48 bits per heavy atom. The van der Waals surface area contributed by atoms with Gasteiger partial charge in [-0.05, 0) is 11.1 Å². The van der Waals surface area contributed by atoms with Gasteiger partial charge in [-0.25, -0.2) is 4.79 Å². The van der Waals surface area contributed by atoms with Gasteiger partial charge in [0.2, 0.25) is 5.91 Å². The Kier molecular flexibility index (Phi) is 5.90. The highest BCUT2D eigenvalue weighted by atomic mass is 16.5. The predicted molar refractivity (Wildman–Crippen MR) is 98.3 cm³/mol. The molecule has 0 aliphatic heterocycles. The van der Waals surface area contributed by atoms with Gasteiger partial charge in [0.1, 0.15) is 0 Å². The number of hydrogen-bond donors (Lipinski definition) is 0. The van der Waals surface area contributed by atoms with Crippen LogP contribution >= 0.6 is 0 Å². The van der Waals surface area contributed by atoms with E-state index in [0.29, 0.717) is 5.70 Å². The van der Waals surface area contributed by atoms with Crippen LogP contribution in [0.1, 0.15) is 24.1 Å². The Balaban J connectivity index is 2.55. The second kappa shape index (κ2) is 8.11. The number of carbonyl (C=O) groups excluding carboxylic acids is 2. The summed E-state index contributed by atoms with van der Waals surface area (Å²) in [5.41, 5.74) is 2.20. The molecule has 0 saturated carbocycles. The van der Waals surface area contributed by atoms with Crippen molar-refractivity contribution in [1.82, 2.24) is 4.90 Å². The van der Waals surface area contributed by atoms with Crippen molar-refractivity contribution < 1.29 is 14.3 Å². The van der Waals surface area contributed by atoms with E-state index in [9.17, 15) is 9.59 Å². The number of rotatable bonds is 6. The van der Waals surface area contributed by atoms with Crippen LogP contribution in [-0.2, 0) is 14.3 Å². The van der Waals surface area contributed by atoms with Crippen LogP contribution in [0.2, 0.25) is 0 Å². The normalized spacial score (nSPS) is 11.3. The van der Waals surface area contributed by atoms with Crippen LogP contribution in [0, 0.1) is 0 Å². The van der Waals surface area contributed by atoms with E-state index >= 15 is 0 Å². The summed E-state index contributed by atoms with van der Waals surface area (Å²) in [6, 6.07) is 17.9. The van der Waals surface area contributed by atoms with E-state index in [1.807, 2.05) is 60.7 Å². The van der Waals surface area contributed by atoms with Crippen molar-refractivity contribution in [2.75, 3.05) is 7.11 Å². The van der Waals surface area contributed by atoms with Gasteiger partial charge in [0.25, 0.3) is 0 Å². The molecule has 0 aliphatic rings. The van der Waals surface area contributed by atoms with E-state index in [1.165, 1.54) is 18.9 Å².